The van der Waals surface area contributed by atoms with Gasteiger partial charge in [0.05, 0.1) is 7.11 Å². The van der Waals surface area contributed by atoms with E-state index in [4.69, 9.17) is 4.74 Å². The van der Waals surface area contributed by atoms with Gasteiger partial charge in [0.25, 0.3) is 0 Å². The summed E-state index contributed by atoms with van der Waals surface area (Å²) < 4.78 is 5.47. The average molecular weight is 461 g/mol. The molecule has 6 heteroatoms. The number of methoxy groups -OCH3 is 1. The zero-order chi connectivity index (χ0) is 24.2. The zero-order valence-corrected chi connectivity index (χ0v) is 19.4. The molecule has 0 atom stereocenters. The molecule has 2 aromatic heterocycles. The molecule has 6 nitrogen and oxygen atoms in total. The van der Waals surface area contributed by atoms with E-state index in [0.29, 0.717) is 11.1 Å². The van der Waals surface area contributed by atoms with Crippen LogP contribution in [-0.4, -0.2) is 22.9 Å². The quantitative estimate of drug-likeness (QED) is 0.264. The first kappa shape index (κ1) is 22.1. The molecule has 5 aromatic rings. The van der Waals surface area contributed by atoms with E-state index in [-0.39, 0.29) is 5.78 Å². The van der Waals surface area contributed by atoms with Gasteiger partial charge < -0.3 is 15.4 Å². The lowest BCUT2D eigenvalue weighted by atomic mass is 10.0. The van der Waals surface area contributed by atoms with Crippen molar-refractivity contribution in [3.8, 4) is 5.75 Å². The highest BCUT2D eigenvalue weighted by Crippen LogP contribution is 2.32. The van der Waals surface area contributed by atoms with Crippen LogP contribution in [0.5, 0.6) is 5.75 Å². The van der Waals surface area contributed by atoms with Crippen molar-refractivity contribution in [3.63, 3.8) is 0 Å². The van der Waals surface area contributed by atoms with Crippen LogP contribution in [0.2, 0.25) is 0 Å². The van der Waals surface area contributed by atoms with Crippen molar-refractivity contribution in [1.29, 1.82) is 0 Å². The minimum absolute atomic E-state index is 0.0260. The fourth-order valence-corrected chi connectivity index (χ4v) is 3.95. The molecule has 0 amide bonds. The van der Waals surface area contributed by atoms with Gasteiger partial charge in [0, 0.05) is 57.4 Å². The molecule has 0 aliphatic carbocycles. The van der Waals surface area contributed by atoms with Crippen LogP contribution in [0.25, 0.3) is 10.9 Å². The van der Waals surface area contributed by atoms with Crippen LogP contribution in [0.1, 0.15) is 21.6 Å². The molecule has 3 aromatic carbocycles. The summed E-state index contributed by atoms with van der Waals surface area (Å²) in [4.78, 5) is 21.7. The van der Waals surface area contributed by atoms with E-state index in [1.807, 2.05) is 91.9 Å². The Morgan fingerprint density at radius 2 is 1.37 bits per heavy atom. The molecule has 0 saturated carbocycles. The number of fused-ring (bicyclic) bond motifs is 1. The number of ketones is 1. The van der Waals surface area contributed by atoms with Crippen molar-refractivity contribution < 1.29 is 9.53 Å². The lowest BCUT2D eigenvalue weighted by Gasteiger charge is -2.13. The summed E-state index contributed by atoms with van der Waals surface area (Å²) in [6.07, 6.45) is 3.46. The number of aromatic nitrogens is 2. The summed E-state index contributed by atoms with van der Waals surface area (Å²) in [7, 11) is 1.65. The van der Waals surface area contributed by atoms with Crippen molar-refractivity contribution in [2.24, 2.45) is 0 Å². The topological polar surface area (TPSA) is 76.1 Å². The molecule has 0 aliphatic heterocycles. The van der Waals surface area contributed by atoms with Gasteiger partial charge in [-0.3, -0.25) is 9.78 Å². The van der Waals surface area contributed by atoms with Crippen molar-refractivity contribution in [2.75, 3.05) is 17.7 Å². The standard InChI is InChI=1S/C29H24N4O2/c1-19-18-26(25-4-3-5-27(35-2)28(25)31-19)33-23-12-8-21(9-13-23)29(34)20-6-10-22(11-7-20)32-24-14-16-30-17-15-24/h3-18H,1-2H3,(H,30,32)(H,31,33). The molecule has 35 heavy (non-hydrogen) atoms. The Labute approximate surface area is 203 Å². The van der Waals surface area contributed by atoms with Gasteiger partial charge in [0.2, 0.25) is 0 Å². The monoisotopic (exact) mass is 460 g/mol. The number of pyridine rings is 2. The summed E-state index contributed by atoms with van der Waals surface area (Å²) in [5, 5.41) is 7.72. The van der Waals surface area contributed by atoms with Gasteiger partial charge in [-0.1, -0.05) is 12.1 Å². The van der Waals surface area contributed by atoms with Crippen LogP contribution in [0, 0.1) is 6.92 Å². The summed E-state index contributed by atoms with van der Waals surface area (Å²) in [6, 6.07) is 26.6. The lowest BCUT2D eigenvalue weighted by Crippen LogP contribution is -2.02. The molecule has 0 unspecified atom stereocenters. The number of anilines is 4. The molecular weight excluding hydrogens is 436 g/mol. The van der Waals surface area contributed by atoms with Crippen LogP contribution in [-0.2, 0) is 0 Å². The number of hydrogen-bond acceptors (Lipinski definition) is 6. The van der Waals surface area contributed by atoms with Crippen molar-refractivity contribution >= 4 is 39.4 Å². The van der Waals surface area contributed by atoms with Crippen LogP contribution < -0.4 is 15.4 Å². The summed E-state index contributed by atoms with van der Waals surface area (Å²) in [5.74, 6) is 0.708. The highest BCUT2D eigenvalue weighted by molar-refractivity contribution is 6.09. The van der Waals surface area contributed by atoms with Gasteiger partial charge >= 0.3 is 0 Å². The third kappa shape index (κ3) is 4.82. The van der Waals surface area contributed by atoms with E-state index in [2.05, 4.69) is 20.6 Å². The first-order valence-electron chi connectivity index (χ1n) is 11.2. The number of hydrogen-bond donors (Lipinski definition) is 2. The minimum Gasteiger partial charge on any atom is -0.494 e. The third-order valence-electron chi connectivity index (χ3n) is 5.69. The second-order valence-electron chi connectivity index (χ2n) is 8.14. The molecular formula is C29H24N4O2. The summed E-state index contributed by atoms with van der Waals surface area (Å²) >= 11 is 0. The minimum atomic E-state index is -0.0260. The number of benzene rings is 3. The van der Waals surface area contributed by atoms with E-state index < -0.39 is 0 Å². The highest BCUT2D eigenvalue weighted by Gasteiger charge is 2.11. The Bertz CT molecular complexity index is 1480. The second kappa shape index (κ2) is 9.65. The lowest BCUT2D eigenvalue weighted by molar-refractivity contribution is 0.103. The molecule has 0 radical (unpaired) electrons. The Balaban J connectivity index is 1.33. The predicted molar refractivity (Wildman–Crippen MR) is 140 cm³/mol. The second-order valence-corrected chi connectivity index (χ2v) is 8.14. The van der Waals surface area contributed by atoms with Gasteiger partial charge in [-0.25, -0.2) is 4.98 Å². The van der Waals surface area contributed by atoms with Gasteiger partial charge in [-0.2, -0.15) is 0 Å². The van der Waals surface area contributed by atoms with Crippen LogP contribution in [0.4, 0.5) is 22.7 Å². The van der Waals surface area contributed by atoms with Crippen LogP contribution in [0.3, 0.4) is 0 Å². The molecule has 0 saturated heterocycles. The SMILES string of the molecule is COc1cccc2c(Nc3ccc(C(=O)c4ccc(Nc5ccncc5)cc4)cc3)cc(C)nc12. The van der Waals surface area contributed by atoms with E-state index in [0.717, 1.165) is 45.1 Å². The molecule has 0 aliphatic rings. The number of nitrogens with one attached hydrogen (secondary N) is 2. The first-order valence-corrected chi connectivity index (χ1v) is 11.2. The molecule has 2 N–H and O–H groups in total. The molecule has 0 spiro atoms. The molecule has 5 rings (SSSR count). The number of nitrogens with zero attached hydrogens (tertiary/aromatic N) is 2. The Morgan fingerprint density at radius 1 is 0.771 bits per heavy atom. The largest absolute Gasteiger partial charge is 0.494 e. The van der Waals surface area contributed by atoms with E-state index in [1.165, 1.54) is 0 Å². The molecule has 0 bridgehead atoms. The number of ether oxygens (including phenoxy) is 1. The predicted octanol–water partition coefficient (Wildman–Crippen LogP) is 6.67. The molecule has 172 valence electrons. The smallest absolute Gasteiger partial charge is 0.193 e. The zero-order valence-electron chi connectivity index (χ0n) is 19.4. The van der Waals surface area contributed by atoms with Gasteiger partial charge in [-0.15, -0.1) is 0 Å². The first-order chi connectivity index (χ1) is 17.1. The van der Waals surface area contributed by atoms with Gasteiger partial charge in [0.15, 0.2) is 5.78 Å². The third-order valence-corrected chi connectivity index (χ3v) is 5.69. The van der Waals surface area contributed by atoms with Crippen molar-refractivity contribution in [2.45, 2.75) is 6.92 Å². The fraction of sp³-hybridized carbons (Fsp3) is 0.0690. The highest BCUT2D eigenvalue weighted by atomic mass is 16.5. The van der Waals surface area contributed by atoms with E-state index in [9.17, 15) is 4.79 Å². The fourth-order valence-electron chi connectivity index (χ4n) is 3.95. The maximum atomic E-state index is 13.0. The number of aryl methyl sites for hydroxylation is 1. The normalized spacial score (nSPS) is 10.7. The van der Waals surface area contributed by atoms with E-state index >= 15 is 0 Å². The van der Waals surface area contributed by atoms with Crippen molar-refractivity contribution in [3.05, 3.63) is 114 Å². The van der Waals surface area contributed by atoms with Crippen LogP contribution in [0.15, 0.2) is 97.3 Å². The Morgan fingerprint density at radius 3 is 2.00 bits per heavy atom. The van der Waals surface area contributed by atoms with E-state index in [1.54, 1.807) is 19.5 Å². The number of para-hydroxylation sites is 1. The van der Waals surface area contributed by atoms with Gasteiger partial charge in [-0.05, 0) is 79.7 Å². The molecule has 0 fully saturated rings. The average Bonchev–Trinajstić information content (AvgIpc) is 2.89. The molecule has 2 heterocycles. The van der Waals surface area contributed by atoms with Gasteiger partial charge in [0.1, 0.15) is 11.3 Å². The van der Waals surface area contributed by atoms with Crippen molar-refractivity contribution in [1.82, 2.24) is 9.97 Å². The summed E-state index contributed by atoms with van der Waals surface area (Å²) in [5.41, 5.74) is 6.62. The number of carbonyl (C=O) groups excluding carboxylic acids is 1. The Hall–Kier alpha value is -4.71. The number of rotatable bonds is 7. The summed E-state index contributed by atoms with van der Waals surface area (Å²) in [6.45, 7) is 1.96. The maximum absolute atomic E-state index is 13.0. The number of carbonyl (C=O) groups is 1. The maximum Gasteiger partial charge on any atom is 0.193 e. The van der Waals surface area contributed by atoms with Crippen LogP contribution >= 0.6 is 0 Å². The Kier molecular flexibility index (Phi) is 6.09.